The topological polar surface area (TPSA) is 99.2 Å². The van der Waals surface area contributed by atoms with Crippen LogP contribution in [-0.2, 0) is 19.4 Å². The Hall–Kier alpha value is -2.29. The minimum absolute atomic E-state index is 0.00260. The van der Waals surface area contributed by atoms with Crippen molar-refractivity contribution in [2.75, 3.05) is 31.3 Å². The summed E-state index contributed by atoms with van der Waals surface area (Å²) in [5.74, 6) is 0.129. The van der Waals surface area contributed by atoms with E-state index in [1.807, 2.05) is 13.8 Å². The minimum atomic E-state index is -3.14. The standard InChI is InChI=1S/C24H35NO7S/c1-3-13-31-21-11-10-18(15-22(21)30-4-2)24(27)32-16-23(26)25(19-8-6-5-7-9-19)20-12-14-33(28,29)17-20/h10-11,15,19-20H,3-9,12-14,16-17H2,1-2H3. The number of ether oxygens (including phenoxy) is 3. The molecule has 0 spiro atoms. The van der Waals surface area contributed by atoms with Crippen molar-refractivity contribution >= 4 is 21.7 Å². The molecule has 3 rings (SSSR count). The van der Waals surface area contributed by atoms with Crippen molar-refractivity contribution in [1.82, 2.24) is 4.90 Å². The summed E-state index contributed by atoms with van der Waals surface area (Å²) in [4.78, 5) is 27.5. The zero-order chi connectivity index (χ0) is 23.8. The maximum atomic E-state index is 13.1. The van der Waals surface area contributed by atoms with Gasteiger partial charge in [0, 0.05) is 12.1 Å². The van der Waals surface area contributed by atoms with E-state index in [4.69, 9.17) is 14.2 Å². The van der Waals surface area contributed by atoms with Crippen molar-refractivity contribution < 1.29 is 32.2 Å². The van der Waals surface area contributed by atoms with Gasteiger partial charge in [0.2, 0.25) is 0 Å². The van der Waals surface area contributed by atoms with E-state index < -0.39 is 22.4 Å². The van der Waals surface area contributed by atoms with Crippen molar-refractivity contribution in [2.45, 2.75) is 70.9 Å². The fourth-order valence-corrected chi connectivity index (χ4v) is 6.29. The zero-order valence-electron chi connectivity index (χ0n) is 19.6. The van der Waals surface area contributed by atoms with Crippen molar-refractivity contribution in [2.24, 2.45) is 0 Å². The zero-order valence-corrected chi connectivity index (χ0v) is 20.4. The molecule has 1 atom stereocenters. The number of hydrogen-bond acceptors (Lipinski definition) is 7. The summed E-state index contributed by atoms with van der Waals surface area (Å²) in [5.41, 5.74) is 0.266. The van der Waals surface area contributed by atoms with Gasteiger partial charge in [0.15, 0.2) is 27.9 Å². The fourth-order valence-electron chi connectivity index (χ4n) is 4.58. The molecule has 0 bridgehead atoms. The highest BCUT2D eigenvalue weighted by Gasteiger charge is 2.38. The van der Waals surface area contributed by atoms with Gasteiger partial charge >= 0.3 is 5.97 Å². The van der Waals surface area contributed by atoms with Crippen LogP contribution in [0.25, 0.3) is 0 Å². The van der Waals surface area contributed by atoms with Gasteiger partial charge in [-0.25, -0.2) is 13.2 Å². The Labute approximate surface area is 196 Å². The lowest BCUT2D eigenvalue weighted by atomic mass is 9.93. The lowest BCUT2D eigenvalue weighted by molar-refractivity contribution is -0.140. The monoisotopic (exact) mass is 481 g/mol. The average Bonchev–Trinajstić information content (AvgIpc) is 3.16. The second-order valence-electron chi connectivity index (χ2n) is 8.67. The van der Waals surface area contributed by atoms with E-state index in [9.17, 15) is 18.0 Å². The summed E-state index contributed by atoms with van der Waals surface area (Å²) in [6.07, 6.45) is 6.14. The quantitative estimate of drug-likeness (QED) is 0.472. The van der Waals surface area contributed by atoms with E-state index in [0.29, 0.717) is 31.1 Å². The number of carbonyl (C=O) groups excluding carboxylic acids is 2. The van der Waals surface area contributed by atoms with Crippen molar-refractivity contribution in [1.29, 1.82) is 0 Å². The number of hydrogen-bond donors (Lipinski definition) is 0. The average molecular weight is 482 g/mol. The number of nitrogens with zero attached hydrogens (tertiary/aromatic N) is 1. The summed E-state index contributed by atoms with van der Waals surface area (Å²) in [6, 6.07) is 4.47. The smallest absolute Gasteiger partial charge is 0.338 e. The van der Waals surface area contributed by atoms with Crippen LogP contribution in [0.5, 0.6) is 11.5 Å². The molecule has 9 heteroatoms. The predicted molar refractivity (Wildman–Crippen MR) is 124 cm³/mol. The second-order valence-corrected chi connectivity index (χ2v) is 10.9. The minimum Gasteiger partial charge on any atom is -0.490 e. The Balaban J connectivity index is 1.67. The van der Waals surface area contributed by atoms with E-state index in [2.05, 4.69) is 0 Å². The third-order valence-corrected chi connectivity index (χ3v) is 7.88. The molecule has 33 heavy (non-hydrogen) atoms. The lowest BCUT2D eigenvalue weighted by Gasteiger charge is -2.38. The first kappa shape index (κ1) is 25.3. The Bertz CT molecular complexity index is 925. The highest BCUT2D eigenvalue weighted by molar-refractivity contribution is 7.91. The van der Waals surface area contributed by atoms with Crippen LogP contribution in [0.3, 0.4) is 0 Å². The predicted octanol–water partition coefficient (Wildman–Crippen LogP) is 3.38. The van der Waals surface area contributed by atoms with Crippen molar-refractivity contribution in [3.8, 4) is 11.5 Å². The molecule has 1 saturated heterocycles. The number of benzene rings is 1. The third kappa shape index (κ3) is 6.85. The summed E-state index contributed by atoms with van der Waals surface area (Å²) >= 11 is 0. The SMILES string of the molecule is CCCOc1ccc(C(=O)OCC(=O)N(C2CCCCC2)C2CCS(=O)(=O)C2)cc1OCC. The lowest BCUT2D eigenvalue weighted by Crippen LogP contribution is -2.50. The van der Waals surface area contributed by atoms with E-state index >= 15 is 0 Å². The molecule has 8 nitrogen and oxygen atoms in total. The molecule has 1 heterocycles. The van der Waals surface area contributed by atoms with E-state index in [1.165, 1.54) is 0 Å². The van der Waals surface area contributed by atoms with E-state index in [0.717, 1.165) is 38.5 Å². The molecule has 1 aliphatic heterocycles. The van der Waals surface area contributed by atoms with Crippen LogP contribution < -0.4 is 9.47 Å². The number of rotatable bonds is 10. The molecule has 1 aromatic carbocycles. The molecule has 1 amide bonds. The Morgan fingerprint density at radius 1 is 1.00 bits per heavy atom. The fraction of sp³-hybridized carbons (Fsp3) is 0.667. The van der Waals surface area contributed by atoms with Gasteiger partial charge in [0.25, 0.3) is 5.91 Å². The molecule has 1 unspecified atom stereocenters. The van der Waals surface area contributed by atoms with Gasteiger partial charge in [-0.1, -0.05) is 26.2 Å². The molecule has 1 saturated carbocycles. The highest BCUT2D eigenvalue weighted by Crippen LogP contribution is 2.30. The third-order valence-electron chi connectivity index (χ3n) is 6.13. The Morgan fingerprint density at radius 3 is 2.39 bits per heavy atom. The van der Waals surface area contributed by atoms with Gasteiger partial charge in [-0.05, 0) is 50.8 Å². The molecule has 0 N–H and O–H groups in total. The number of amides is 1. The maximum Gasteiger partial charge on any atom is 0.338 e. The van der Waals surface area contributed by atoms with E-state index in [1.54, 1.807) is 23.1 Å². The van der Waals surface area contributed by atoms with Crippen LogP contribution in [0.2, 0.25) is 0 Å². The summed E-state index contributed by atoms with van der Waals surface area (Å²) in [5, 5.41) is 0. The molecule has 2 fully saturated rings. The molecule has 1 aliphatic carbocycles. The molecule has 0 radical (unpaired) electrons. The van der Waals surface area contributed by atoms with Crippen LogP contribution in [0.15, 0.2) is 18.2 Å². The highest BCUT2D eigenvalue weighted by atomic mass is 32.2. The summed E-state index contributed by atoms with van der Waals surface area (Å²) in [6.45, 7) is 4.38. The van der Waals surface area contributed by atoms with Gasteiger partial charge < -0.3 is 19.1 Å². The largest absolute Gasteiger partial charge is 0.490 e. The summed E-state index contributed by atoms with van der Waals surface area (Å²) in [7, 11) is -3.14. The normalized spacial score (nSPS) is 20.2. The maximum absolute atomic E-state index is 13.1. The second kappa shape index (κ2) is 11.7. The molecular formula is C24H35NO7S. The number of carbonyl (C=O) groups is 2. The van der Waals surface area contributed by atoms with Gasteiger partial charge in [0.05, 0.1) is 30.3 Å². The van der Waals surface area contributed by atoms with Crippen LogP contribution in [0.1, 0.15) is 69.2 Å². The Kier molecular flexibility index (Phi) is 9.00. The molecule has 1 aromatic rings. The Morgan fingerprint density at radius 2 is 1.76 bits per heavy atom. The van der Waals surface area contributed by atoms with Crippen LogP contribution in [0, 0.1) is 0 Å². The first-order chi connectivity index (χ1) is 15.8. The van der Waals surface area contributed by atoms with Gasteiger partial charge in [0.1, 0.15) is 0 Å². The molecular weight excluding hydrogens is 446 g/mol. The number of esters is 1. The molecule has 2 aliphatic rings. The van der Waals surface area contributed by atoms with Gasteiger partial charge in [-0.3, -0.25) is 4.79 Å². The van der Waals surface area contributed by atoms with E-state index in [-0.39, 0.29) is 35.1 Å². The van der Waals surface area contributed by atoms with Crippen molar-refractivity contribution in [3.63, 3.8) is 0 Å². The van der Waals surface area contributed by atoms with Crippen LogP contribution in [0.4, 0.5) is 0 Å². The van der Waals surface area contributed by atoms with Gasteiger partial charge in [-0.2, -0.15) is 0 Å². The first-order valence-corrected chi connectivity index (χ1v) is 13.7. The van der Waals surface area contributed by atoms with Crippen LogP contribution in [-0.4, -0.2) is 68.6 Å². The van der Waals surface area contributed by atoms with Crippen molar-refractivity contribution in [3.05, 3.63) is 23.8 Å². The van der Waals surface area contributed by atoms with Gasteiger partial charge in [-0.15, -0.1) is 0 Å². The summed E-state index contributed by atoms with van der Waals surface area (Å²) < 4.78 is 40.7. The molecule has 0 aromatic heterocycles. The number of sulfone groups is 1. The van der Waals surface area contributed by atoms with Crippen LogP contribution >= 0.6 is 0 Å². The first-order valence-electron chi connectivity index (χ1n) is 11.9. The molecule has 184 valence electrons.